The molecule has 0 saturated carbocycles. The molecule has 17 nitrogen and oxygen atoms in total. The zero-order valence-electron chi connectivity index (χ0n) is 61.4. The molecule has 0 aliphatic carbocycles. The molecule has 0 radical (unpaired) electrons. The normalized spacial score (nSPS) is 14.6. The summed E-state index contributed by atoms with van der Waals surface area (Å²) in [5, 5.41) is 10.6. The van der Waals surface area contributed by atoms with E-state index in [0.29, 0.717) is 25.7 Å². The summed E-state index contributed by atoms with van der Waals surface area (Å²) in [6, 6.07) is 0. The molecule has 5 atom stereocenters. The van der Waals surface area contributed by atoms with Gasteiger partial charge in [0.2, 0.25) is 0 Å². The molecule has 3 N–H and O–H groups in total. The fraction of sp³-hybridized carbons (Fsp3) is 0.722. The number of phosphoric acid groups is 2. The van der Waals surface area contributed by atoms with Crippen molar-refractivity contribution in [2.45, 2.75) is 329 Å². The van der Waals surface area contributed by atoms with Crippen molar-refractivity contribution in [3.8, 4) is 0 Å². The molecule has 5 unspecified atom stereocenters. The van der Waals surface area contributed by atoms with Crippen LogP contribution in [0.1, 0.15) is 310 Å². The Bertz CT molecular complexity index is 2290. The highest BCUT2D eigenvalue weighted by atomic mass is 31.2. The maximum atomic E-state index is 13.1. The van der Waals surface area contributed by atoms with Gasteiger partial charge in [0.1, 0.15) is 19.3 Å². The molecule has 0 spiro atoms. The smallest absolute Gasteiger partial charge is 0.462 e. The summed E-state index contributed by atoms with van der Waals surface area (Å²) < 4.78 is 68.4. The largest absolute Gasteiger partial charge is 0.472 e. The molecule has 0 saturated heterocycles. The van der Waals surface area contributed by atoms with E-state index in [-0.39, 0.29) is 25.7 Å². The number of phosphoric ester groups is 2. The van der Waals surface area contributed by atoms with E-state index in [1.54, 1.807) is 0 Å². The number of hydrogen-bond acceptors (Lipinski definition) is 15. The highest BCUT2D eigenvalue weighted by Crippen LogP contribution is 2.45. The number of hydrogen-bond donors (Lipinski definition) is 3. The van der Waals surface area contributed by atoms with Crippen LogP contribution in [0.5, 0.6) is 0 Å². The van der Waals surface area contributed by atoms with E-state index in [4.69, 9.17) is 37.0 Å². The lowest BCUT2D eigenvalue weighted by atomic mass is 10.1. The van der Waals surface area contributed by atoms with Gasteiger partial charge in [0.15, 0.2) is 12.2 Å². The van der Waals surface area contributed by atoms with Crippen molar-refractivity contribution in [3.63, 3.8) is 0 Å². The molecule has 0 rings (SSSR count). The van der Waals surface area contributed by atoms with Crippen molar-refractivity contribution in [1.82, 2.24) is 0 Å². The first-order valence-electron chi connectivity index (χ1n) is 38.1. The second-order valence-electron chi connectivity index (χ2n) is 25.2. The Morgan fingerprint density at radius 2 is 0.541 bits per heavy atom. The SMILES string of the molecule is CC/C=C\C/C=C\C/C=C\CCCCCCCCCC(=O)OCC(COP(=O)(O)OCC(O)COP(=O)(O)OCC(COC(=O)CCCCCCC/C=C\C/C=C\C/C=C\CC)OC(=O)CCCCCCC/C=C\CCCC)OC(=O)CCCCCCC/C=C\C/C=C\CCCCC. The van der Waals surface area contributed by atoms with Gasteiger partial charge < -0.3 is 33.8 Å². The summed E-state index contributed by atoms with van der Waals surface area (Å²) in [5.74, 6) is -2.22. The Labute approximate surface area is 594 Å². The topological polar surface area (TPSA) is 237 Å². The number of carbonyl (C=O) groups excluding carboxylic acids is 4. The number of allylic oxidation sites excluding steroid dienone is 18. The Kier molecular flexibility index (Phi) is 68.0. The summed E-state index contributed by atoms with van der Waals surface area (Å²) in [6.45, 7) is 4.54. The van der Waals surface area contributed by atoms with Gasteiger partial charge in [0.25, 0.3) is 0 Å². The van der Waals surface area contributed by atoms with Gasteiger partial charge in [0.05, 0.1) is 26.4 Å². The van der Waals surface area contributed by atoms with Crippen LogP contribution in [0.2, 0.25) is 0 Å². The molecule has 0 heterocycles. The molecular formula is C79H136O17P2. The van der Waals surface area contributed by atoms with E-state index in [9.17, 15) is 43.2 Å². The van der Waals surface area contributed by atoms with Crippen LogP contribution >= 0.6 is 15.6 Å². The molecule has 0 aromatic carbocycles. The fourth-order valence-electron chi connectivity index (χ4n) is 9.91. The minimum absolute atomic E-state index is 0.0756. The number of rotatable bonds is 71. The molecule has 0 aromatic rings. The Balaban J connectivity index is 5.35. The third-order valence-corrected chi connectivity index (χ3v) is 17.6. The second kappa shape index (κ2) is 71.1. The number of aliphatic hydroxyl groups excluding tert-OH is 1. The van der Waals surface area contributed by atoms with Crippen molar-refractivity contribution in [2.24, 2.45) is 0 Å². The summed E-state index contributed by atoms with van der Waals surface area (Å²) in [4.78, 5) is 72.8. The van der Waals surface area contributed by atoms with Crippen LogP contribution < -0.4 is 0 Å². The van der Waals surface area contributed by atoms with Crippen molar-refractivity contribution in [2.75, 3.05) is 39.6 Å². The van der Waals surface area contributed by atoms with Crippen LogP contribution in [0, 0.1) is 0 Å². The predicted octanol–water partition coefficient (Wildman–Crippen LogP) is 21.8. The highest BCUT2D eigenvalue weighted by Gasteiger charge is 2.30. The minimum atomic E-state index is -4.98. The Hall–Kier alpha value is -4.28. The van der Waals surface area contributed by atoms with E-state index in [0.717, 1.165) is 199 Å². The first-order valence-corrected chi connectivity index (χ1v) is 41.1. The second-order valence-corrected chi connectivity index (χ2v) is 28.1. The number of ether oxygens (including phenoxy) is 4. The van der Waals surface area contributed by atoms with Gasteiger partial charge in [-0.1, -0.05) is 253 Å². The van der Waals surface area contributed by atoms with Crippen molar-refractivity contribution < 1.29 is 80.2 Å². The molecule has 0 bridgehead atoms. The zero-order valence-corrected chi connectivity index (χ0v) is 63.2. The predicted molar refractivity (Wildman–Crippen MR) is 399 cm³/mol. The van der Waals surface area contributed by atoms with Crippen molar-refractivity contribution in [3.05, 3.63) is 109 Å². The van der Waals surface area contributed by atoms with Gasteiger partial charge in [0, 0.05) is 25.7 Å². The van der Waals surface area contributed by atoms with Crippen LogP contribution in [0.25, 0.3) is 0 Å². The van der Waals surface area contributed by atoms with Gasteiger partial charge in [-0.15, -0.1) is 0 Å². The average Bonchev–Trinajstić information content (AvgIpc) is 0.986. The molecule has 0 aromatic heterocycles. The first kappa shape index (κ1) is 93.7. The molecule has 0 amide bonds. The van der Waals surface area contributed by atoms with Gasteiger partial charge >= 0.3 is 39.5 Å². The van der Waals surface area contributed by atoms with E-state index in [1.807, 2.05) is 0 Å². The summed E-state index contributed by atoms with van der Waals surface area (Å²) in [7, 11) is -9.96. The third-order valence-electron chi connectivity index (χ3n) is 15.7. The quantitative estimate of drug-likeness (QED) is 0.0169. The molecule has 0 aliphatic heterocycles. The third kappa shape index (κ3) is 70.2. The van der Waals surface area contributed by atoms with Gasteiger partial charge in [-0.2, -0.15) is 0 Å². The highest BCUT2D eigenvalue weighted by molar-refractivity contribution is 7.47. The van der Waals surface area contributed by atoms with Crippen LogP contribution in [0.4, 0.5) is 0 Å². The van der Waals surface area contributed by atoms with E-state index in [2.05, 4.69) is 137 Å². The summed E-state index contributed by atoms with van der Waals surface area (Å²) >= 11 is 0. The number of esters is 4. The van der Waals surface area contributed by atoms with E-state index in [1.165, 1.54) is 32.1 Å². The van der Waals surface area contributed by atoms with Crippen LogP contribution in [0.15, 0.2) is 109 Å². The molecule has 0 fully saturated rings. The Morgan fingerprint density at radius 1 is 0.296 bits per heavy atom. The number of aliphatic hydroxyl groups is 1. The standard InChI is InChI=1S/C79H136O17P2/c1-5-9-13-17-21-25-29-32-35-36-39-41-45-48-52-56-60-64-77(82)90-70-75(96-79(84)66-62-58-54-50-46-42-38-34-31-27-23-19-15-11-7-3)72-94-98(87,88)92-68-73(80)67-91-97(85,86)93-71-74(95-78(83)65-61-57-53-49-43-28-24-20-16-12-8-4)69-89-76(81)63-59-55-51-47-44-40-37-33-30-26-22-18-14-10-6-2/h9-10,13-14,20-27,32-35,37-38,73-75,80H,5-8,11-12,15-19,28-31,36,39-72H2,1-4H3,(H,85,86)(H,87,88)/b13-9-,14-10-,24-20-,25-21-,26-22-,27-23-,35-32-,37-33-,38-34-. The first-order chi connectivity index (χ1) is 47.7. The van der Waals surface area contributed by atoms with E-state index >= 15 is 0 Å². The summed E-state index contributed by atoms with van der Waals surface area (Å²) in [5.41, 5.74) is 0. The molecule has 0 aliphatic rings. The molecular weight excluding hydrogens is 1280 g/mol. The fourth-order valence-corrected chi connectivity index (χ4v) is 11.5. The van der Waals surface area contributed by atoms with Crippen molar-refractivity contribution >= 4 is 39.5 Å². The number of unbranched alkanes of at least 4 members (excludes halogenated alkanes) is 27. The number of carbonyl (C=O) groups is 4. The maximum Gasteiger partial charge on any atom is 0.472 e. The van der Waals surface area contributed by atoms with Crippen LogP contribution in [-0.4, -0.2) is 96.7 Å². The summed E-state index contributed by atoms with van der Waals surface area (Å²) in [6.07, 6.45) is 75.1. The lowest BCUT2D eigenvalue weighted by molar-refractivity contribution is -0.161. The maximum absolute atomic E-state index is 13.1. The van der Waals surface area contributed by atoms with Gasteiger partial charge in [-0.3, -0.25) is 37.3 Å². The lowest BCUT2D eigenvalue weighted by Crippen LogP contribution is -2.30. The lowest BCUT2D eigenvalue weighted by Gasteiger charge is -2.21. The monoisotopic (exact) mass is 1420 g/mol. The molecule has 98 heavy (non-hydrogen) atoms. The van der Waals surface area contributed by atoms with E-state index < -0.39 is 97.5 Å². The van der Waals surface area contributed by atoms with Crippen molar-refractivity contribution in [1.29, 1.82) is 0 Å². The Morgan fingerprint density at radius 3 is 0.857 bits per heavy atom. The molecule has 564 valence electrons. The van der Waals surface area contributed by atoms with Gasteiger partial charge in [-0.05, 0) is 141 Å². The molecule has 19 heteroatoms. The minimum Gasteiger partial charge on any atom is -0.462 e. The average molecular weight is 1420 g/mol. The van der Waals surface area contributed by atoms with Crippen LogP contribution in [0.3, 0.4) is 0 Å². The van der Waals surface area contributed by atoms with Crippen LogP contribution in [-0.2, 0) is 65.4 Å². The zero-order chi connectivity index (χ0) is 71.8. The van der Waals surface area contributed by atoms with Gasteiger partial charge in [-0.25, -0.2) is 9.13 Å².